The highest BCUT2D eigenvalue weighted by Gasteiger charge is 2.37. The Morgan fingerprint density at radius 1 is 0.689 bits per heavy atom. The van der Waals surface area contributed by atoms with Gasteiger partial charge < -0.3 is 15.3 Å². The SMILES string of the molecule is Cc1cc(C)cc(-c2ncn(/C=C\C(=O)N3CC(c4ccccn4)C3)n2)c1.O=C(O)/C=C\n1cnc(-c2cc(C(F)(F)F)cc(C(F)(F)F)c2)n1.c1ccc(C2CNC2)cc1. The van der Waals surface area contributed by atoms with Crippen LogP contribution in [0.25, 0.3) is 35.2 Å². The molecule has 0 bridgehead atoms. The number of nitrogens with one attached hydrogen (secondary N) is 1. The number of aromatic nitrogens is 7. The van der Waals surface area contributed by atoms with E-state index < -0.39 is 40.8 Å². The maximum atomic E-state index is 12.8. The standard InChI is InChI=1S/C21H21N5O.C13H7F6N3O2.C9H11N/c1-15-9-16(2)11-17(10-15)21-23-14-26(24-21)8-6-20(27)25-12-18(13-25)19-5-3-4-7-22-19;14-12(15,16)8-3-7(4-9(5-8)13(17,18)19)11-20-6-22(21-11)2-1-10(23)24;1-2-4-8(5-3-1)9-6-10-7-9/h3-11,14,18H,12-13H2,1-2H3;1-6H,(H,23,24);1-5,9-10H,6-7H2/b8-6-;2-1-;. The molecule has 5 heterocycles. The van der Waals surface area contributed by atoms with E-state index in [0.29, 0.717) is 43.0 Å². The fourth-order valence-electron chi connectivity index (χ4n) is 6.24. The van der Waals surface area contributed by atoms with Gasteiger partial charge in [-0.3, -0.25) is 9.78 Å². The number of aryl methyl sites for hydroxylation is 2. The lowest BCUT2D eigenvalue weighted by molar-refractivity contribution is -0.143. The summed E-state index contributed by atoms with van der Waals surface area (Å²) in [6.07, 6.45) is -0.833. The van der Waals surface area contributed by atoms with Gasteiger partial charge in [-0.2, -0.15) is 26.3 Å². The molecular weight excluding hydrogens is 805 g/mol. The lowest BCUT2D eigenvalue weighted by Gasteiger charge is -2.38. The Morgan fingerprint density at radius 2 is 1.23 bits per heavy atom. The third-order valence-electron chi connectivity index (χ3n) is 9.43. The molecule has 0 aliphatic carbocycles. The van der Waals surface area contributed by atoms with Crippen molar-refractivity contribution in [3.63, 3.8) is 0 Å². The third-order valence-corrected chi connectivity index (χ3v) is 9.43. The Morgan fingerprint density at radius 3 is 1.72 bits per heavy atom. The van der Waals surface area contributed by atoms with Crippen LogP contribution in [-0.4, -0.2) is 82.6 Å². The van der Waals surface area contributed by atoms with E-state index in [1.807, 2.05) is 18.2 Å². The summed E-state index contributed by atoms with van der Waals surface area (Å²) in [5, 5.41) is 19.8. The molecule has 316 valence electrons. The zero-order chi connectivity index (χ0) is 43.7. The van der Waals surface area contributed by atoms with Crippen molar-refractivity contribution in [3.8, 4) is 22.8 Å². The largest absolute Gasteiger partial charge is 0.478 e. The molecule has 2 aliphatic heterocycles. The van der Waals surface area contributed by atoms with Gasteiger partial charge in [0.1, 0.15) is 12.7 Å². The van der Waals surface area contributed by atoms with Crippen LogP contribution in [0.3, 0.4) is 0 Å². The molecule has 6 aromatic rings. The van der Waals surface area contributed by atoms with Gasteiger partial charge >= 0.3 is 18.3 Å². The van der Waals surface area contributed by atoms with Crippen molar-refractivity contribution in [2.75, 3.05) is 26.2 Å². The fourth-order valence-corrected chi connectivity index (χ4v) is 6.24. The summed E-state index contributed by atoms with van der Waals surface area (Å²) in [6.45, 7) is 7.82. The molecule has 3 aromatic heterocycles. The Hall–Kier alpha value is -6.95. The second kappa shape index (κ2) is 19.0. The van der Waals surface area contributed by atoms with Gasteiger partial charge in [0.15, 0.2) is 11.6 Å². The molecular formula is C43H39F6N9O3. The van der Waals surface area contributed by atoms with E-state index in [-0.39, 0.29) is 12.0 Å². The number of carbonyl (C=O) groups excluding carboxylic acids is 1. The number of aliphatic carboxylic acids is 1. The molecule has 3 aromatic carbocycles. The first-order valence-corrected chi connectivity index (χ1v) is 18.8. The van der Waals surface area contributed by atoms with Gasteiger partial charge in [-0.15, -0.1) is 10.2 Å². The minimum absolute atomic E-state index is 0.00910. The number of hydrogen-bond acceptors (Lipinski definition) is 8. The highest BCUT2D eigenvalue weighted by Crippen LogP contribution is 2.38. The van der Waals surface area contributed by atoms with E-state index in [9.17, 15) is 35.9 Å². The zero-order valence-electron chi connectivity index (χ0n) is 32.7. The predicted octanol–water partition coefficient (Wildman–Crippen LogP) is 7.97. The van der Waals surface area contributed by atoms with Gasteiger partial charge in [-0.05, 0) is 61.9 Å². The summed E-state index contributed by atoms with van der Waals surface area (Å²) in [4.78, 5) is 36.7. The van der Waals surface area contributed by atoms with Crippen molar-refractivity contribution in [2.45, 2.75) is 38.0 Å². The van der Waals surface area contributed by atoms with Gasteiger partial charge in [0.25, 0.3) is 0 Å². The van der Waals surface area contributed by atoms with E-state index in [2.05, 4.69) is 92.8 Å². The highest BCUT2D eigenvalue weighted by molar-refractivity contribution is 5.90. The number of alkyl halides is 6. The number of carboxylic acid groups (broad SMARTS) is 1. The molecule has 0 radical (unpaired) electrons. The van der Waals surface area contributed by atoms with Gasteiger partial charge in [0, 0.05) is 85.6 Å². The molecule has 0 atom stereocenters. The Kier molecular flexibility index (Phi) is 13.6. The molecule has 2 N–H and O–H groups in total. The minimum Gasteiger partial charge on any atom is -0.478 e. The average Bonchev–Trinajstić information content (AvgIpc) is 3.86. The highest BCUT2D eigenvalue weighted by atomic mass is 19.4. The molecule has 2 saturated heterocycles. The maximum Gasteiger partial charge on any atom is 0.416 e. The molecule has 8 rings (SSSR count). The number of pyridine rings is 1. The number of carbonyl (C=O) groups is 2. The van der Waals surface area contributed by atoms with E-state index in [1.165, 1.54) is 22.8 Å². The monoisotopic (exact) mass is 843 g/mol. The van der Waals surface area contributed by atoms with E-state index in [1.54, 1.807) is 28.3 Å². The van der Waals surface area contributed by atoms with Crippen LogP contribution < -0.4 is 5.32 Å². The Labute approximate surface area is 345 Å². The number of hydrogen-bond donors (Lipinski definition) is 2. The second-order valence-electron chi connectivity index (χ2n) is 14.2. The number of nitrogens with zero attached hydrogens (tertiary/aromatic N) is 8. The molecule has 2 fully saturated rings. The zero-order valence-corrected chi connectivity index (χ0v) is 32.7. The summed E-state index contributed by atoms with van der Waals surface area (Å²) < 4.78 is 79.1. The Balaban J connectivity index is 0.000000167. The van der Waals surface area contributed by atoms with Gasteiger partial charge in [-0.1, -0.05) is 53.6 Å². The van der Waals surface area contributed by atoms with Crippen LogP contribution >= 0.6 is 0 Å². The normalized spacial score (nSPS) is 14.5. The lowest BCUT2D eigenvalue weighted by atomic mass is 9.94. The molecule has 0 saturated carbocycles. The number of carboxylic acids is 1. The van der Waals surface area contributed by atoms with Crippen molar-refractivity contribution >= 4 is 24.3 Å². The smallest absolute Gasteiger partial charge is 0.416 e. The number of rotatable bonds is 8. The van der Waals surface area contributed by atoms with Crippen molar-refractivity contribution in [2.24, 2.45) is 0 Å². The van der Waals surface area contributed by atoms with Gasteiger partial charge in [0.2, 0.25) is 5.91 Å². The van der Waals surface area contributed by atoms with Crippen molar-refractivity contribution in [3.05, 3.63) is 149 Å². The van der Waals surface area contributed by atoms with Crippen LogP contribution in [0, 0.1) is 13.8 Å². The number of benzene rings is 3. The van der Waals surface area contributed by atoms with Crippen LogP contribution in [0.4, 0.5) is 26.3 Å². The maximum absolute atomic E-state index is 12.8. The van der Waals surface area contributed by atoms with Crippen LogP contribution in [0.2, 0.25) is 0 Å². The van der Waals surface area contributed by atoms with E-state index in [0.717, 1.165) is 47.5 Å². The van der Waals surface area contributed by atoms with Crippen LogP contribution in [-0.2, 0) is 21.9 Å². The molecule has 61 heavy (non-hydrogen) atoms. The third kappa shape index (κ3) is 12.1. The molecule has 2 aliphatic rings. The van der Waals surface area contributed by atoms with E-state index >= 15 is 0 Å². The van der Waals surface area contributed by atoms with Crippen molar-refractivity contribution in [1.29, 1.82) is 0 Å². The summed E-state index contributed by atoms with van der Waals surface area (Å²) in [5.74, 6) is 0.00286. The quantitative estimate of drug-likeness (QED) is 0.115. The number of likely N-dealkylation sites (tertiary alicyclic amines) is 1. The first-order valence-electron chi connectivity index (χ1n) is 18.8. The molecule has 0 spiro atoms. The molecule has 12 nitrogen and oxygen atoms in total. The lowest BCUT2D eigenvalue weighted by Crippen LogP contribution is -2.48. The predicted molar refractivity (Wildman–Crippen MR) is 214 cm³/mol. The summed E-state index contributed by atoms with van der Waals surface area (Å²) in [5.41, 5.74) is 2.35. The first-order chi connectivity index (χ1) is 29.0. The topological polar surface area (TPSA) is 144 Å². The van der Waals surface area contributed by atoms with Gasteiger partial charge in [0.05, 0.1) is 11.1 Å². The fraction of sp³-hybridized carbons (Fsp3) is 0.233. The van der Waals surface area contributed by atoms with Crippen molar-refractivity contribution < 1.29 is 41.0 Å². The molecule has 1 amide bonds. The summed E-state index contributed by atoms with van der Waals surface area (Å²) >= 11 is 0. The number of halogens is 6. The van der Waals surface area contributed by atoms with Crippen LogP contribution in [0.1, 0.15) is 45.3 Å². The minimum atomic E-state index is -4.98. The average molecular weight is 844 g/mol. The van der Waals surface area contributed by atoms with Crippen molar-refractivity contribution in [1.82, 2.24) is 44.7 Å². The van der Waals surface area contributed by atoms with Crippen LogP contribution in [0.5, 0.6) is 0 Å². The first kappa shape index (κ1) is 43.6. The molecule has 0 unspecified atom stereocenters. The van der Waals surface area contributed by atoms with Gasteiger partial charge in [-0.25, -0.2) is 24.1 Å². The molecule has 18 heteroatoms. The Bertz CT molecular complexity index is 2440. The summed E-state index contributed by atoms with van der Waals surface area (Å²) in [7, 11) is 0. The van der Waals surface area contributed by atoms with E-state index in [4.69, 9.17) is 5.11 Å². The number of amides is 1. The second-order valence-corrected chi connectivity index (χ2v) is 14.2. The summed E-state index contributed by atoms with van der Waals surface area (Å²) in [6, 6.07) is 23.7. The van der Waals surface area contributed by atoms with Crippen LogP contribution in [0.15, 0.2) is 116 Å².